The van der Waals surface area contributed by atoms with E-state index in [-0.39, 0.29) is 0 Å². The first-order valence-corrected chi connectivity index (χ1v) is 25.0. The molecule has 1 heterocycles. The molecule has 0 unspecified atom stereocenters. The summed E-state index contributed by atoms with van der Waals surface area (Å²) in [6.07, 6.45) is 1.45. The molecule has 0 aliphatic carbocycles. The van der Waals surface area contributed by atoms with Crippen LogP contribution >= 0.6 is 0 Å². The Morgan fingerprint density at radius 3 is 0.619 bits per heavy atom. The van der Waals surface area contributed by atoms with Gasteiger partial charge in [-0.25, -0.2) is 132 Å². The van der Waals surface area contributed by atoms with E-state index in [4.69, 9.17) is 4.43 Å². The van der Waals surface area contributed by atoms with Crippen LogP contribution in [-0.4, -0.2) is 31.9 Å². The zero-order chi connectivity index (χ0) is 63.5. The minimum absolute atomic E-state index is 0.652. The Labute approximate surface area is 447 Å². The maximum absolute atomic E-state index is 14.4. The number of hydrogen-bond acceptors (Lipinski definition) is 3. The Kier molecular flexibility index (Phi) is 18.6. The fourth-order valence-corrected chi connectivity index (χ4v) is 8.31. The van der Waals surface area contributed by atoms with E-state index in [9.17, 15) is 132 Å². The monoisotopic (exact) mass is 1260 g/mol. The number of benzene rings is 7. The van der Waals surface area contributed by atoms with E-state index >= 15 is 0 Å². The fraction of sp³-hybridized carbons (Fsp3) is 0.0638. The van der Waals surface area contributed by atoms with Crippen molar-refractivity contribution in [3.05, 3.63) is 205 Å². The van der Waals surface area contributed by atoms with Crippen LogP contribution in [0.4, 0.5) is 132 Å². The summed E-state index contributed by atoms with van der Waals surface area (Å²) >= 11 is 0. The second kappa shape index (κ2) is 24.1. The van der Waals surface area contributed by atoms with Crippen molar-refractivity contribution in [3.8, 4) is 17.1 Å². The van der Waals surface area contributed by atoms with Gasteiger partial charge in [-0.3, -0.25) is 0 Å². The van der Waals surface area contributed by atoms with Crippen LogP contribution < -0.4 is 42.2 Å². The van der Waals surface area contributed by atoms with Gasteiger partial charge in [-0.2, -0.15) is 0 Å². The second-order valence-electron chi connectivity index (χ2n) is 17.3. The molecule has 0 radical (unpaired) electrons. The molecule has 84 heavy (non-hydrogen) atoms. The SMILES string of the molecule is C[Si](C)(C)Oc1ccc(-c2nnc[n-]2)cc1.Fc1c(F)c(F)c(B(c2c(F)c(F)c(F)c(F)c2F)c2c(F)c(F)c(F)c(F)c2F)c(F)c1F.Fc1c(F)c(F)c(B(c2c(F)c(F)c(F)c(F)c2F)c2c(F)c(F)c(F)c(F)c2F)c(F)c1F. The summed E-state index contributed by atoms with van der Waals surface area (Å²) in [5, 5.41) is 7.59. The number of rotatable bonds is 9. The topological polar surface area (TPSA) is 49.1 Å². The molecular formula is C47H14B2F30N3OSi-. The van der Waals surface area contributed by atoms with E-state index in [1.165, 1.54) is 6.33 Å². The van der Waals surface area contributed by atoms with Gasteiger partial charge in [0.05, 0.1) is 0 Å². The smallest absolute Gasteiger partial charge is 0.265 e. The predicted molar refractivity (Wildman–Crippen MR) is 231 cm³/mol. The molecule has 0 N–H and O–H groups in total. The van der Waals surface area contributed by atoms with Crippen molar-refractivity contribution in [1.29, 1.82) is 0 Å². The van der Waals surface area contributed by atoms with Crippen LogP contribution in [0, 0.1) is 175 Å². The van der Waals surface area contributed by atoms with Crippen LogP contribution in [0.1, 0.15) is 0 Å². The molecule has 0 saturated carbocycles. The average Bonchev–Trinajstić information content (AvgIpc) is 0.938. The van der Waals surface area contributed by atoms with Crippen molar-refractivity contribution in [2.75, 3.05) is 0 Å². The van der Waals surface area contributed by atoms with Crippen LogP contribution in [0.5, 0.6) is 5.75 Å². The van der Waals surface area contributed by atoms with Gasteiger partial charge in [0.15, 0.2) is 175 Å². The highest BCUT2D eigenvalue weighted by atomic mass is 28.4. The Morgan fingerprint density at radius 1 is 0.286 bits per heavy atom. The lowest BCUT2D eigenvalue weighted by molar-refractivity contribution is 0.380. The molecule has 7 aromatic carbocycles. The lowest BCUT2D eigenvalue weighted by Crippen LogP contribution is -2.60. The highest BCUT2D eigenvalue weighted by Crippen LogP contribution is 2.27. The Balaban J connectivity index is 0.000000215. The maximum atomic E-state index is 14.4. The molecule has 444 valence electrons. The zero-order valence-electron chi connectivity index (χ0n) is 40.1. The van der Waals surface area contributed by atoms with Crippen LogP contribution in [0.3, 0.4) is 0 Å². The average molecular weight is 1260 g/mol. The number of halogens is 30. The molecule has 37 heteroatoms. The van der Waals surface area contributed by atoms with Crippen molar-refractivity contribution in [2.24, 2.45) is 0 Å². The largest absolute Gasteiger partial charge is 0.544 e. The van der Waals surface area contributed by atoms with Gasteiger partial charge in [0.2, 0.25) is 8.32 Å². The van der Waals surface area contributed by atoms with Crippen molar-refractivity contribution in [1.82, 2.24) is 15.2 Å². The Morgan fingerprint density at radius 2 is 0.464 bits per heavy atom. The summed E-state index contributed by atoms with van der Waals surface area (Å²) in [6.45, 7) is -1.45. The molecule has 0 saturated heterocycles. The minimum Gasteiger partial charge on any atom is -0.544 e. The summed E-state index contributed by atoms with van der Waals surface area (Å²) in [4.78, 5) is 4.04. The van der Waals surface area contributed by atoms with Crippen molar-refractivity contribution < 1.29 is 136 Å². The third-order valence-corrected chi connectivity index (χ3v) is 12.0. The van der Waals surface area contributed by atoms with Crippen LogP contribution in [-0.2, 0) is 0 Å². The molecule has 0 amide bonds. The number of hydrogen-bond donors (Lipinski definition) is 0. The molecule has 0 atom stereocenters. The van der Waals surface area contributed by atoms with Gasteiger partial charge >= 0.3 is 0 Å². The number of aromatic nitrogens is 3. The molecule has 0 spiro atoms. The second-order valence-corrected chi connectivity index (χ2v) is 21.7. The Hall–Kier alpha value is -8.27. The first kappa shape index (κ1) is 64.9. The van der Waals surface area contributed by atoms with E-state index in [0.29, 0.717) is 5.82 Å². The van der Waals surface area contributed by atoms with E-state index in [1.807, 2.05) is 24.3 Å². The van der Waals surface area contributed by atoms with Gasteiger partial charge < -0.3 is 19.6 Å². The first-order valence-electron chi connectivity index (χ1n) is 21.5. The van der Waals surface area contributed by atoms with Gasteiger partial charge in [-0.15, -0.1) is 0 Å². The normalized spacial score (nSPS) is 11.4. The maximum Gasteiger partial charge on any atom is 0.265 e. The molecular weight excluding hydrogens is 1240 g/mol. The molecule has 0 fully saturated rings. The lowest BCUT2D eigenvalue weighted by Gasteiger charge is -2.21. The predicted octanol–water partition coefficient (Wildman–Crippen LogP) is 10.9. The molecule has 0 bridgehead atoms. The van der Waals surface area contributed by atoms with E-state index in [2.05, 4.69) is 34.8 Å². The van der Waals surface area contributed by atoms with Gasteiger partial charge in [-0.1, -0.05) is 12.1 Å². The zero-order valence-corrected chi connectivity index (χ0v) is 41.1. The third kappa shape index (κ3) is 11.3. The molecule has 4 nitrogen and oxygen atoms in total. The Bertz CT molecular complexity index is 3250. The first-order chi connectivity index (χ1) is 38.9. The molecule has 0 aliphatic rings. The lowest BCUT2D eigenvalue weighted by atomic mass is 9.36. The van der Waals surface area contributed by atoms with Crippen LogP contribution in [0.2, 0.25) is 19.6 Å². The summed E-state index contributed by atoms with van der Waals surface area (Å²) in [6, 6.07) is 7.80. The summed E-state index contributed by atoms with van der Waals surface area (Å²) in [5.41, 5.74) is -15.1. The standard InChI is InChI=1S/2C18BF15.C11H14N3OSi/c2*20-4-1(5(21)11(27)16(32)10(4)26)19(2-6(22)12(28)17(33)13(29)7(2)23)3-8(24)14(30)18(34)15(31)9(3)25;1-16(2,3)15-10-6-4-9(5-7-10)11-12-8-13-14-11/h;;4-8H,1-3H3/q;;-1. The van der Waals surface area contributed by atoms with Gasteiger partial charge in [-0.05, 0) is 43.7 Å². The molecule has 8 rings (SSSR count). The van der Waals surface area contributed by atoms with Gasteiger partial charge in [0.1, 0.15) is 5.75 Å². The quantitative estimate of drug-likeness (QED) is 0.0625. The van der Waals surface area contributed by atoms with Gasteiger partial charge in [0, 0.05) is 38.6 Å². The third-order valence-electron chi connectivity index (χ3n) is 11.1. The summed E-state index contributed by atoms with van der Waals surface area (Å²) in [5.74, 6) is -88.9. The van der Waals surface area contributed by atoms with Gasteiger partial charge in [0.25, 0.3) is 13.4 Å². The molecule has 1 aromatic heterocycles. The van der Waals surface area contributed by atoms with E-state index < -0.39 is 229 Å². The summed E-state index contributed by atoms with van der Waals surface area (Å²) in [7, 11) is -1.53. The highest BCUT2D eigenvalue weighted by Gasteiger charge is 2.47. The van der Waals surface area contributed by atoms with Crippen LogP contribution in [0.25, 0.3) is 11.4 Å². The van der Waals surface area contributed by atoms with Crippen molar-refractivity contribution in [2.45, 2.75) is 19.6 Å². The minimum atomic E-state index is -3.96. The molecule has 0 aliphatic heterocycles. The van der Waals surface area contributed by atoms with Crippen molar-refractivity contribution >= 4 is 54.5 Å². The van der Waals surface area contributed by atoms with Crippen LogP contribution in [0.15, 0.2) is 30.6 Å². The van der Waals surface area contributed by atoms with E-state index in [1.54, 1.807) is 0 Å². The highest BCUT2D eigenvalue weighted by molar-refractivity contribution is 6.96. The molecule has 8 aromatic rings. The fourth-order valence-electron chi connectivity index (χ4n) is 7.46. The summed E-state index contributed by atoms with van der Waals surface area (Å²) < 4.78 is 423. The van der Waals surface area contributed by atoms with Crippen molar-refractivity contribution in [3.63, 3.8) is 0 Å². The van der Waals surface area contributed by atoms with E-state index in [0.717, 1.165) is 11.3 Å². The number of nitrogens with zero attached hydrogens (tertiary/aromatic N) is 3.